The van der Waals surface area contributed by atoms with E-state index in [9.17, 15) is 19.7 Å². The zero-order valence-electron chi connectivity index (χ0n) is 33.3. The van der Waals surface area contributed by atoms with Crippen LogP contribution in [0.1, 0.15) is 126 Å². The van der Waals surface area contributed by atoms with Crippen molar-refractivity contribution >= 4 is 17.6 Å². The van der Waals surface area contributed by atoms with Gasteiger partial charge in [-0.15, -0.1) is 0 Å². The minimum absolute atomic E-state index is 0.0945. The first-order valence-corrected chi connectivity index (χ1v) is 20.0. The van der Waals surface area contributed by atoms with Crippen LogP contribution in [0.4, 0.5) is 5.69 Å². The van der Waals surface area contributed by atoms with Gasteiger partial charge in [-0.05, 0) is 109 Å². The van der Waals surface area contributed by atoms with E-state index in [1.807, 2.05) is 0 Å². The van der Waals surface area contributed by atoms with Gasteiger partial charge in [-0.1, -0.05) is 54.5 Å². The molecule has 54 heavy (non-hydrogen) atoms. The van der Waals surface area contributed by atoms with Crippen molar-refractivity contribution in [1.29, 1.82) is 0 Å². The molecule has 2 aromatic rings. The fourth-order valence-electron chi connectivity index (χ4n) is 14.2. The third-order valence-corrected chi connectivity index (χ3v) is 16.7. The predicted molar refractivity (Wildman–Crippen MR) is 201 cm³/mol. The van der Waals surface area contributed by atoms with E-state index < -0.39 is 33.3 Å². The lowest BCUT2D eigenvalue weighted by molar-refractivity contribution is -0.384. The van der Waals surface area contributed by atoms with Crippen LogP contribution in [0, 0.1) is 54.9 Å². The number of rotatable bonds is 6. The highest BCUT2D eigenvalue weighted by Crippen LogP contribution is 2.79. The number of hydrogen-bond donors (Lipinski definition) is 0. The molecule has 4 saturated carbocycles. The highest BCUT2D eigenvalue weighted by molar-refractivity contribution is 5.66. The van der Waals surface area contributed by atoms with Crippen molar-refractivity contribution in [1.82, 2.24) is 13.9 Å². The van der Waals surface area contributed by atoms with Crippen molar-refractivity contribution < 1.29 is 24.0 Å². The number of carbonyl (C=O) groups is 2. The molecule has 9 atom stereocenters. The number of non-ortho nitro benzene ring substituents is 1. The van der Waals surface area contributed by atoms with Gasteiger partial charge in [-0.3, -0.25) is 19.7 Å². The molecule has 292 valence electrons. The summed E-state index contributed by atoms with van der Waals surface area (Å²) in [6.07, 6.45) is 7.11. The molecule has 1 aromatic heterocycles. The van der Waals surface area contributed by atoms with Gasteiger partial charge in [0, 0.05) is 36.8 Å². The van der Waals surface area contributed by atoms with Crippen LogP contribution in [0.5, 0.6) is 0 Å². The summed E-state index contributed by atoms with van der Waals surface area (Å²) in [5.41, 5.74) is -0.785. The van der Waals surface area contributed by atoms with Gasteiger partial charge in [0.25, 0.3) is 5.69 Å². The Morgan fingerprint density at radius 1 is 0.926 bits per heavy atom. The van der Waals surface area contributed by atoms with Crippen molar-refractivity contribution in [2.75, 3.05) is 6.61 Å². The number of allylic oxidation sites excluding steroid dienone is 1. The Hall–Kier alpha value is -3.96. The average molecular weight is 745 g/mol. The first-order valence-electron chi connectivity index (χ1n) is 20.0. The molecular formula is C42H56N4O8. The standard InChI is InChI=1S/C42H56N4O8/c1-24(2)42-20-19-41(23-53-25(3)47)18-17-40(9)33(34(41)42)29(44-35(49)43(36(50)45(42)44)27-11-10-12-28(21-27)46(51)52)22-31-38(7)15-14-32(54-26(4)48)37(5,6)30(38)13-16-39(31,40)8/h10-12,21,24,29-32H,13-20,22-23H2,1-9H3/t29-,30-,31+,32-,38-,39+,40+,41-,42-/m0/s1. The Balaban J connectivity index is 1.40. The van der Waals surface area contributed by atoms with Crippen LogP contribution in [0.25, 0.3) is 5.69 Å². The highest BCUT2D eigenvalue weighted by atomic mass is 16.6. The number of esters is 2. The molecule has 0 saturated heterocycles. The lowest BCUT2D eigenvalue weighted by atomic mass is 9.33. The molecule has 6 aliphatic rings. The third-order valence-electron chi connectivity index (χ3n) is 16.7. The van der Waals surface area contributed by atoms with E-state index in [0.717, 1.165) is 43.1 Å². The summed E-state index contributed by atoms with van der Waals surface area (Å²) in [5.74, 6) is -0.244. The fraction of sp³-hybridized carbons (Fsp3) is 0.714. The van der Waals surface area contributed by atoms with Crippen LogP contribution in [0.15, 0.2) is 45.0 Å². The Morgan fingerprint density at radius 3 is 2.28 bits per heavy atom. The molecule has 0 amide bonds. The summed E-state index contributed by atoms with van der Waals surface area (Å²) in [4.78, 5) is 66.4. The number of nitro groups is 1. The average Bonchev–Trinajstić information content (AvgIpc) is 3.58. The lowest BCUT2D eigenvalue weighted by Crippen LogP contribution is -2.67. The molecule has 8 rings (SSSR count). The summed E-state index contributed by atoms with van der Waals surface area (Å²) in [5, 5.41) is 11.9. The molecule has 12 heteroatoms. The molecular weight excluding hydrogens is 688 g/mol. The molecule has 12 nitrogen and oxygen atoms in total. The number of fused-ring (bicyclic) bond motifs is 7. The number of nitro benzene ring substituents is 1. The highest BCUT2D eigenvalue weighted by Gasteiger charge is 2.73. The third kappa shape index (κ3) is 4.42. The van der Waals surface area contributed by atoms with E-state index in [4.69, 9.17) is 9.47 Å². The fourth-order valence-corrected chi connectivity index (χ4v) is 14.2. The zero-order valence-corrected chi connectivity index (χ0v) is 33.3. The van der Waals surface area contributed by atoms with E-state index in [1.165, 1.54) is 43.2 Å². The maximum atomic E-state index is 15.2. The molecule has 4 fully saturated rings. The maximum Gasteiger partial charge on any atom is 0.352 e. The lowest BCUT2D eigenvalue weighted by Gasteiger charge is -2.72. The van der Waals surface area contributed by atoms with Crippen LogP contribution >= 0.6 is 0 Å². The second-order valence-electron chi connectivity index (χ2n) is 19.4. The van der Waals surface area contributed by atoms with Crippen LogP contribution in [0.2, 0.25) is 0 Å². The first-order chi connectivity index (χ1) is 25.2. The summed E-state index contributed by atoms with van der Waals surface area (Å²) in [6.45, 7) is 19.3. The van der Waals surface area contributed by atoms with Gasteiger partial charge in [-0.2, -0.15) is 0 Å². The molecule has 1 aliphatic heterocycles. The van der Waals surface area contributed by atoms with Crippen molar-refractivity contribution in [2.45, 2.75) is 138 Å². The molecule has 1 aromatic carbocycles. The normalized spacial score (nSPS) is 38.6. The van der Waals surface area contributed by atoms with Crippen molar-refractivity contribution in [3.05, 3.63) is 66.5 Å². The minimum Gasteiger partial charge on any atom is -0.465 e. The van der Waals surface area contributed by atoms with Crippen LogP contribution in [-0.4, -0.2) is 43.5 Å². The number of ether oxygens (including phenoxy) is 2. The van der Waals surface area contributed by atoms with Crippen LogP contribution < -0.4 is 11.4 Å². The Bertz CT molecular complexity index is 2140. The van der Waals surface area contributed by atoms with E-state index >= 15 is 9.59 Å². The topological polar surface area (TPSA) is 145 Å². The van der Waals surface area contributed by atoms with Gasteiger partial charge < -0.3 is 9.47 Å². The molecule has 2 heterocycles. The number of nitrogens with zero attached hydrogens (tertiary/aromatic N) is 4. The predicted octanol–water partition coefficient (Wildman–Crippen LogP) is 7.25. The monoisotopic (exact) mass is 744 g/mol. The van der Waals surface area contributed by atoms with Crippen LogP contribution in [-0.2, 0) is 24.6 Å². The summed E-state index contributed by atoms with van der Waals surface area (Å²) >= 11 is 0. The van der Waals surface area contributed by atoms with Gasteiger partial charge in [0.05, 0.1) is 22.2 Å². The molecule has 0 spiro atoms. The maximum absolute atomic E-state index is 15.2. The van der Waals surface area contributed by atoms with Gasteiger partial charge in [-0.25, -0.2) is 23.5 Å². The van der Waals surface area contributed by atoms with Gasteiger partial charge in [0.1, 0.15) is 12.7 Å². The molecule has 5 aliphatic carbocycles. The summed E-state index contributed by atoms with van der Waals surface area (Å²) in [7, 11) is 0. The first kappa shape index (κ1) is 37.0. The van der Waals surface area contributed by atoms with E-state index in [1.54, 1.807) is 15.4 Å². The number of aromatic nitrogens is 3. The summed E-state index contributed by atoms with van der Waals surface area (Å²) in [6, 6.07) is 5.35. The molecule has 0 bridgehead atoms. The van der Waals surface area contributed by atoms with Gasteiger partial charge in [0.15, 0.2) is 0 Å². The number of hydrogen-bond acceptors (Lipinski definition) is 8. The van der Waals surface area contributed by atoms with E-state index in [-0.39, 0.29) is 75.4 Å². The van der Waals surface area contributed by atoms with E-state index in [2.05, 4.69) is 48.5 Å². The van der Waals surface area contributed by atoms with Crippen LogP contribution in [0.3, 0.4) is 0 Å². The van der Waals surface area contributed by atoms with Gasteiger partial charge >= 0.3 is 23.3 Å². The molecule has 0 unspecified atom stereocenters. The smallest absolute Gasteiger partial charge is 0.352 e. The number of benzene rings is 1. The summed E-state index contributed by atoms with van der Waals surface area (Å²) < 4.78 is 16.6. The van der Waals surface area contributed by atoms with Gasteiger partial charge in [0.2, 0.25) is 0 Å². The van der Waals surface area contributed by atoms with Crippen molar-refractivity contribution in [3.8, 4) is 5.69 Å². The second-order valence-corrected chi connectivity index (χ2v) is 19.4. The van der Waals surface area contributed by atoms with E-state index in [0.29, 0.717) is 19.3 Å². The largest absolute Gasteiger partial charge is 0.465 e. The van der Waals surface area contributed by atoms with Crippen molar-refractivity contribution in [3.63, 3.8) is 0 Å². The SMILES string of the molecule is CC(=O)OC[C@]12CC[C@]3(C(C)C)C1=C1[C@H](C[C@@H]4[C@@]5(C)CC[C@H](OC(C)=O)C(C)(C)[C@@H]5CC[C@@]4(C)[C@]1(C)CC2)n1c(=O)n(-c2cccc([N+](=O)[O-])c2)c(=O)n13. The quantitative estimate of drug-likeness (QED) is 0.130. The Kier molecular flexibility index (Phi) is 7.90. The Labute approximate surface area is 316 Å². The minimum atomic E-state index is -0.857. The molecule has 0 N–H and O–H groups in total. The Morgan fingerprint density at radius 2 is 1.63 bits per heavy atom. The zero-order chi connectivity index (χ0) is 39.1. The van der Waals surface area contributed by atoms with Crippen molar-refractivity contribution in [2.24, 2.45) is 44.8 Å². The number of carbonyl (C=O) groups excluding carboxylic acids is 2. The second kappa shape index (κ2) is 11.5. The molecule has 0 radical (unpaired) electrons.